The van der Waals surface area contributed by atoms with Gasteiger partial charge in [-0.2, -0.15) is 0 Å². The van der Waals surface area contributed by atoms with Gasteiger partial charge in [0.2, 0.25) is 0 Å². The Bertz CT molecular complexity index is 1050. The lowest BCUT2D eigenvalue weighted by Crippen LogP contribution is -2.35. The van der Waals surface area contributed by atoms with Crippen molar-refractivity contribution in [3.63, 3.8) is 0 Å². The van der Waals surface area contributed by atoms with Crippen molar-refractivity contribution in [3.05, 3.63) is 70.9 Å². The van der Waals surface area contributed by atoms with Gasteiger partial charge in [0.25, 0.3) is 0 Å². The Hall–Kier alpha value is -3.03. The van der Waals surface area contributed by atoms with Crippen molar-refractivity contribution in [2.45, 2.75) is 18.9 Å². The molecule has 0 saturated heterocycles. The van der Waals surface area contributed by atoms with Gasteiger partial charge in [-0.05, 0) is 44.3 Å². The van der Waals surface area contributed by atoms with E-state index in [2.05, 4.69) is 46.9 Å². The summed E-state index contributed by atoms with van der Waals surface area (Å²) in [5.41, 5.74) is 3.10. The lowest BCUT2D eigenvalue weighted by molar-refractivity contribution is 0.232. The van der Waals surface area contributed by atoms with E-state index in [9.17, 15) is 4.79 Å². The molecule has 31 heavy (non-hydrogen) atoms. The number of benzene rings is 2. The molecule has 1 atom stereocenters. The van der Waals surface area contributed by atoms with Gasteiger partial charge < -0.3 is 15.0 Å². The summed E-state index contributed by atoms with van der Waals surface area (Å²) >= 11 is 6.21. The minimum absolute atomic E-state index is 0.167. The molecule has 4 rings (SSSR count). The molecule has 8 heteroatoms. The molecule has 3 aromatic rings. The fraction of sp³-hybridized carbons (Fsp3) is 0.304. The lowest BCUT2D eigenvalue weighted by atomic mass is 10.0. The third kappa shape index (κ3) is 5.18. The van der Waals surface area contributed by atoms with Gasteiger partial charge in [-0.15, -0.1) is 5.10 Å². The van der Waals surface area contributed by atoms with Crippen molar-refractivity contribution in [2.24, 2.45) is 0 Å². The molecule has 1 aliphatic heterocycles. The maximum absolute atomic E-state index is 12.5. The van der Waals surface area contributed by atoms with Gasteiger partial charge in [-0.25, -0.2) is 9.48 Å². The molecule has 0 unspecified atom stereocenters. The average Bonchev–Trinajstić information content (AvgIpc) is 3.21. The van der Waals surface area contributed by atoms with E-state index < -0.39 is 0 Å². The number of aromatic nitrogens is 2. The number of ether oxygens (including phenoxy) is 1. The number of carbonyl (C=O) groups is 1. The van der Waals surface area contributed by atoms with Crippen LogP contribution < -0.4 is 15.4 Å². The highest BCUT2D eigenvalue weighted by atomic mass is 35.5. The number of nitrogens with zero attached hydrogens (tertiary/aromatic N) is 3. The first-order valence-corrected chi connectivity index (χ1v) is 10.7. The number of hydrogen-bond donors (Lipinski definition) is 2. The number of halogens is 1. The molecule has 2 heterocycles. The summed E-state index contributed by atoms with van der Waals surface area (Å²) < 4.78 is 7.40. The average molecular weight is 440 g/mol. The molecule has 1 aliphatic rings. The van der Waals surface area contributed by atoms with Crippen LogP contribution in [0.5, 0.6) is 5.75 Å². The molecule has 0 bridgehead atoms. The van der Waals surface area contributed by atoms with Crippen molar-refractivity contribution >= 4 is 23.4 Å². The van der Waals surface area contributed by atoms with Crippen LogP contribution in [0.15, 0.2) is 54.7 Å². The van der Waals surface area contributed by atoms with E-state index in [0.29, 0.717) is 29.6 Å². The van der Waals surface area contributed by atoms with E-state index in [1.165, 1.54) is 5.56 Å². The van der Waals surface area contributed by atoms with Crippen LogP contribution in [0.2, 0.25) is 5.02 Å². The van der Waals surface area contributed by atoms with Crippen LogP contribution in [0.3, 0.4) is 0 Å². The number of amides is 2. The fourth-order valence-corrected chi connectivity index (χ4v) is 3.79. The first-order chi connectivity index (χ1) is 15.0. The van der Waals surface area contributed by atoms with Crippen molar-refractivity contribution in [3.8, 4) is 11.4 Å². The first kappa shape index (κ1) is 21.2. The second-order valence-electron chi connectivity index (χ2n) is 7.81. The summed E-state index contributed by atoms with van der Waals surface area (Å²) in [4.78, 5) is 14.7. The molecule has 0 saturated carbocycles. The van der Waals surface area contributed by atoms with E-state index >= 15 is 0 Å². The summed E-state index contributed by atoms with van der Waals surface area (Å²) in [6.45, 7) is 1.51. The number of rotatable bonds is 6. The van der Waals surface area contributed by atoms with Gasteiger partial charge >= 0.3 is 6.03 Å². The standard InChI is InChI=1S/C23H26ClN5O2/c1-28(2)13-10-16-6-8-17(9-7-16)29-14-11-21(27-29)26-23(30)25-20-12-15-31-22-18(20)4-3-5-19(22)24/h3-9,11,14,20H,10,12-13,15H2,1-2H3,(H2,25,26,27,30)/t20-/m0/s1. The van der Waals surface area contributed by atoms with Crippen LogP contribution in [0.1, 0.15) is 23.6 Å². The number of nitrogens with one attached hydrogen (secondary N) is 2. The number of para-hydroxylation sites is 1. The van der Waals surface area contributed by atoms with Crippen LogP contribution in [0, 0.1) is 0 Å². The molecule has 0 spiro atoms. The van der Waals surface area contributed by atoms with E-state index in [-0.39, 0.29) is 12.1 Å². The number of carbonyl (C=O) groups excluding carboxylic acids is 1. The zero-order chi connectivity index (χ0) is 21.8. The summed E-state index contributed by atoms with van der Waals surface area (Å²) in [5.74, 6) is 1.12. The van der Waals surface area contributed by atoms with Crippen LogP contribution in [0.4, 0.5) is 10.6 Å². The molecule has 2 N–H and O–H groups in total. The third-order valence-corrected chi connectivity index (χ3v) is 5.51. The van der Waals surface area contributed by atoms with Crippen LogP contribution in [-0.4, -0.2) is 48.0 Å². The number of anilines is 1. The second-order valence-corrected chi connectivity index (χ2v) is 8.22. The summed E-state index contributed by atoms with van der Waals surface area (Å²) in [6.07, 6.45) is 3.50. The molecule has 2 aromatic carbocycles. The highest BCUT2D eigenvalue weighted by Gasteiger charge is 2.24. The number of likely N-dealkylation sites (N-methyl/N-ethyl adjacent to an activating group) is 1. The summed E-state index contributed by atoms with van der Waals surface area (Å²) in [5, 5.41) is 10.8. The van der Waals surface area contributed by atoms with E-state index in [1.54, 1.807) is 16.8 Å². The molecule has 1 aromatic heterocycles. The smallest absolute Gasteiger partial charge is 0.320 e. The van der Waals surface area contributed by atoms with Crippen molar-refractivity contribution in [1.82, 2.24) is 20.0 Å². The molecule has 0 fully saturated rings. The Balaban J connectivity index is 1.37. The highest BCUT2D eigenvalue weighted by Crippen LogP contribution is 2.37. The zero-order valence-electron chi connectivity index (χ0n) is 17.6. The minimum Gasteiger partial charge on any atom is -0.492 e. The Kier molecular flexibility index (Phi) is 6.44. The molecule has 0 aliphatic carbocycles. The van der Waals surface area contributed by atoms with Gasteiger partial charge in [0.15, 0.2) is 5.82 Å². The van der Waals surface area contributed by atoms with E-state index in [0.717, 1.165) is 24.2 Å². The molecule has 2 amide bonds. The highest BCUT2D eigenvalue weighted by molar-refractivity contribution is 6.32. The zero-order valence-corrected chi connectivity index (χ0v) is 18.4. The number of hydrogen-bond acceptors (Lipinski definition) is 4. The Labute approximate surface area is 187 Å². The first-order valence-electron chi connectivity index (χ1n) is 10.3. The van der Waals surface area contributed by atoms with Gasteiger partial charge in [0.1, 0.15) is 5.75 Å². The second kappa shape index (κ2) is 9.41. The monoisotopic (exact) mass is 439 g/mol. The van der Waals surface area contributed by atoms with E-state index in [1.807, 2.05) is 30.5 Å². The van der Waals surface area contributed by atoms with Crippen LogP contribution in [-0.2, 0) is 6.42 Å². The Morgan fingerprint density at radius 1 is 1.23 bits per heavy atom. The normalized spacial score (nSPS) is 15.3. The van der Waals surface area contributed by atoms with Crippen molar-refractivity contribution < 1.29 is 9.53 Å². The summed E-state index contributed by atoms with van der Waals surface area (Å²) in [6, 6.07) is 15.1. The minimum atomic E-state index is -0.317. The number of fused-ring (bicyclic) bond motifs is 1. The Morgan fingerprint density at radius 2 is 2.03 bits per heavy atom. The van der Waals surface area contributed by atoms with Gasteiger partial charge in [-0.1, -0.05) is 35.9 Å². The van der Waals surface area contributed by atoms with Crippen molar-refractivity contribution in [2.75, 3.05) is 32.6 Å². The molecular weight excluding hydrogens is 414 g/mol. The molecule has 7 nitrogen and oxygen atoms in total. The maximum atomic E-state index is 12.5. The van der Waals surface area contributed by atoms with Gasteiger partial charge in [0, 0.05) is 30.8 Å². The molecule has 0 radical (unpaired) electrons. The topological polar surface area (TPSA) is 71.4 Å². The third-order valence-electron chi connectivity index (χ3n) is 5.21. The van der Waals surface area contributed by atoms with Crippen LogP contribution in [0.25, 0.3) is 5.69 Å². The SMILES string of the molecule is CN(C)CCc1ccc(-n2ccc(NC(=O)N[C@H]3CCOc4c(Cl)cccc43)n2)cc1. The number of urea groups is 1. The quantitative estimate of drug-likeness (QED) is 0.601. The lowest BCUT2D eigenvalue weighted by Gasteiger charge is -2.27. The largest absolute Gasteiger partial charge is 0.492 e. The predicted molar refractivity (Wildman–Crippen MR) is 122 cm³/mol. The molecular formula is C23H26ClN5O2. The maximum Gasteiger partial charge on any atom is 0.320 e. The van der Waals surface area contributed by atoms with Crippen LogP contribution >= 0.6 is 11.6 Å². The fourth-order valence-electron chi connectivity index (χ4n) is 3.55. The van der Waals surface area contributed by atoms with Gasteiger partial charge in [-0.3, -0.25) is 5.32 Å². The predicted octanol–water partition coefficient (Wildman–Crippen LogP) is 4.28. The van der Waals surface area contributed by atoms with Gasteiger partial charge in [0.05, 0.1) is 23.4 Å². The summed E-state index contributed by atoms with van der Waals surface area (Å²) in [7, 11) is 4.14. The Morgan fingerprint density at radius 3 is 2.81 bits per heavy atom. The molecule has 162 valence electrons. The van der Waals surface area contributed by atoms with Crippen molar-refractivity contribution in [1.29, 1.82) is 0 Å². The van der Waals surface area contributed by atoms with E-state index in [4.69, 9.17) is 16.3 Å².